The highest BCUT2D eigenvalue weighted by molar-refractivity contribution is 9.11. The molecule has 0 spiro atoms. The Bertz CT molecular complexity index is 683. The summed E-state index contributed by atoms with van der Waals surface area (Å²) >= 11 is 10.4. The Balaban J connectivity index is 2.32. The first-order valence-electron chi connectivity index (χ1n) is 5.39. The summed E-state index contributed by atoms with van der Waals surface area (Å²) in [6.45, 7) is 1.86. The number of aryl methyl sites for hydroxylation is 1. The van der Waals surface area contributed by atoms with Gasteiger partial charge in [0.05, 0.1) is 13.6 Å². The minimum absolute atomic E-state index is 0.0784. The van der Waals surface area contributed by atoms with Crippen LogP contribution in [0.3, 0.4) is 0 Å². The molecule has 0 unspecified atom stereocenters. The third-order valence-electron chi connectivity index (χ3n) is 2.48. The average molecular weight is 376 g/mol. The normalized spacial score (nSPS) is 10.3. The van der Waals surface area contributed by atoms with Crippen molar-refractivity contribution < 1.29 is 9.72 Å². The van der Waals surface area contributed by atoms with Gasteiger partial charge >= 0.3 is 0 Å². The summed E-state index contributed by atoms with van der Waals surface area (Å²) in [5, 5.41) is 13.7. The second-order valence-corrected chi connectivity index (χ2v) is 6.75. The monoisotopic (exact) mass is 374 g/mol. The molecule has 8 heteroatoms. The van der Waals surface area contributed by atoms with Gasteiger partial charge in [0, 0.05) is 11.1 Å². The van der Waals surface area contributed by atoms with E-state index in [0.717, 1.165) is 9.35 Å². The van der Waals surface area contributed by atoms with E-state index < -0.39 is 10.8 Å². The molecule has 20 heavy (non-hydrogen) atoms. The quantitative estimate of drug-likeness (QED) is 0.628. The Hall–Kier alpha value is -1.44. The Labute approximate surface area is 131 Å². The fourth-order valence-corrected chi connectivity index (χ4v) is 3.13. The molecular weight excluding hydrogens is 368 g/mol. The molecule has 0 aliphatic heterocycles. The molecule has 0 aliphatic rings. The number of halogens is 2. The number of nitrogens with zero attached hydrogens (tertiary/aromatic N) is 1. The van der Waals surface area contributed by atoms with Gasteiger partial charge in [0.15, 0.2) is 0 Å². The highest BCUT2D eigenvalue weighted by Crippen LogP contribution is 2.31. The van der Waals surface area contributed by atoms with E-state index in [-0.39, 0.29) is 11.4 Å². The molecule has 1 heterocycles. The van der Waals surface area contributed by atoms with Gasteiger partial charge in [-0.05, 0) is 46.6 Å². The van der Waals surface area contributed by atoms with Gasteiger partial charge in [-0.15, -0.1) is 11.3 Å². The van der Waals surface area contributed by atoms with Crippen molar-refractivity contribution in [3.8, 4) is 0 Å². The molecule has 5 nitrogen and oxygen atoms in total. The molecule has 1 aromatic heterocycles. The van der Waals surface area contributed by atoms with Crippen LogP contribution in [0.4, 0.5) is 11.4 Å². The van der Waals surface area contributed by atoms with Crippen LogP contribution in [0.15, 0.2) is 28.1 Å². The SMILES string of the molecule is Cc1cc(C(=O)Nc2cc(Cl)ccc2[N+](=O)[O-])sc1Br. The molecule has 1 N–H and O–H groups in total. The summed E-state index contributed by atoms with van der Waals surface area (Å²) in [4.78, 5) is 22.9. The predicted octanol–water partition coefficient (Wildman–Crippen LogP) is 4.63. The number of carbonyl (C=O) groups excluding carboxylic acids is 1. The highest BCUT2D eigenvalue weighted by Gasteiger charge is 2.18. The molecule has 0 saturated carbocycles. The van der Waals surface area contributed by atoms with Crippen molar-refractivity contribution in [3.05, 3.63) is 53.6 Å². The van der Waals surface area contributed by atoms with Gasteiger partial charge in [-0.25, -0.2) is 0 Å². The third-order valence-corrected chi connectivity index (χ3v) is 4.85. The van der Waals surface area contributed by atoms with Crippen LogP contribution in [0, 0.1) is 17.0 Å². The van der Waals surface area contributed by atoms with Crippen LogP contribution >= 0.6 is 38.9 Å². The Morgan fingerprint density at radius 3 is 2.70 bits per heavy atom. The number of rotatable bonds is 3. The maximum Gasteiger partial charge on any atom is 0.292 e. The maximum absolute atomic E-state index is 12.1. The lowest BCUT2D eigenvalue weighted by molar-refractivity contribution is -0.383. The Kier molecular flexibility index (Phi) is 4.42. The van der Waals surface area contributed by atoms with Crippen molar-refractivity contribution in [2.24, 2.45) is 0 Å². The van der Waals surface area contributed by atoms with Crippen molar-refractivity contribution >= 4 is 56.1 Å². The van der Waals surface area contributed by atoms with E-state index in [4.69, 9.17) is 11.6 Å². The second kappa shape index (κ2) is 5.90. The molecular formula is C12H8BrClN2O3S. The predicted molar refractivity (Wildman–Crippen MR) is 82.8 cm³/mol. The van der Waals surface area contributed by atoms with Crippen LogP contribution in [0.25, 0.3) is 0 Å². The van der Waals surface area contributed by atoms with Crippen LogP contribution in [-0.2, 0) is 0 Å². The standard InChI is InChI=1S/C12H8BrClN2O3S/c1-6-4-10(20-11(6)13)12(17)15-8-5-7(14)2-3-9(8)16(18)19/h2-5H,1H3,(H,15,17). The topological polar surface area (TPSA) is 72.2 Å². The van der Waals surface area contributed by atoms with Crippen LogP contribution in [-0.4, -0.2) is 10.8 Å². The minimum Gasteiger partial charge on any atom is -0.315 e. The second-order valence-electron chi connectivity index (χ2n) is 3.94. The number of hydrogen-bond donors (Lipinski definition) is 1. The number of nitro benzene ring substituents is 1. The third kappa shape index (κ3) is 3.17. The number of thiophene rings is 1. The fourth-order valence-electron chi connectivity index (χ4n) is 1.52. The van der Waals surface area contributed by atoms with E-state index in [1.807, 2.05) is 6.92 Å². The van der Waals surface area contributed by atoms with Gasteiger partial charge in [0.25, 0.3) is 11.6 Å². The molecule has 2 aromatic rings. The van der Waals surface area contributed by atoms with E-state index in [0.29, 0.717) is 9.90 Å². The maximum atomic E-state index is 12.1. The molecule has 2 rings (SSSR count). The van der Waals surface area contributed by atoms with Crippen molar-refractivity contribution in [1.82, 2.24) is 0 Å². The van der Waals surface area contributed by atoms with E-state index >= 15 is 0 Å². The molecule has 0 bridgehead atoms. The lowest BCUT2D eigenvalue weighted by Crippen LogP contribution is -2.11. The van der Waals surface area contributed by atoms with Crippen molar-refractivity contribution in [3.63, 3.8) is 0 Å². The minimum atomic E-state index is -0.568. The van der Waals surface area contributed by atoms with Gasteiger partial charge in [-0.3, -0.25) is 14.9 Å². The van der Waals surface area contributed by atoms with Crippen molar-refractivity contribution in [2.45, 2.75) is 6.92 Å². The lowest BCUT2D eigenvalue weighted by Gasteiger charge is -2.05. The van der Waals surface area contributed by atoms with Gasteiger partial charge in [0.1, 0.15) is 5.69 Å². The number of nitro groups is 1. The first kappa shape index (κ1) is 15.0. The van der Waals surface area contributed by atoms with Crippen LogP contribution < -0.4 is 5.32 Å². The number of benzene rings is 1. The highest BCUT2D eigenvalue weighted by atomic mass is 79.9. The van der Waals surface area contributed by atoms with Crippen LogP contribution in [0.1, 0.15) is 15.2 Å². The smallest absolute Gasteiger partial charge is 0.292 e. The molecule has 0 aliphatic carbocycles. The largest absolute Gasteiger partial charge is 0.315 e. The molecule has 0 radical (unpaired) electrons. The summed E-state index contributed by atoms with van der Waals surface area (Å²) in [5.41, 5.74) is 0.811. The zero-order valence-electron chi connectivity index (χ0n) is 10.1. The number of nitrogens with one attached hydrogen (secondary N) is 1. The summed E-state index contributed by atoms with van der Waals surface area (Å²) < 4.78 is 0.850. The molecule has 0 fully saturated rings. The number of amides is 1. The number of carbonyl (C=O) groups is 1. The van der Waals surface area contributed by atoms with Crippen LogP contribution in [0.5, 0.6) is 0 Å². The van der Waals surface area contributed by atoms with Gasteiger partial charge < -0.3 is 5.32 Å². The zero-order valence-corrected chi connectivity index (χ0v) is 13.3. The first-order valence-corrected chi connectivity index (χ1v) is 7.38. The van der Waals surface area contributed by atoms with E-state index in [2.05, 4.69) is 21.2 Å². The summed E-state index contributed by atoms with van der Waals surface area (Å²) in [7, 11) is 0. The average Bonchev–Trinajstić information content (AvgIpc) is 2.69. The van der Waals surface area contributed by atoms with Crippen molar-refractivity contribution in [2.75, 3.05) is 5.32 Å². The summed E-state index contributed by atoms with van der Waals surface area (Å²) in [6, 6.07) is 5.72. The molecule has 1 amide bonds. The van der Waals surface area contributed by atoms with Crippen molar-refractivity contribution in [1.29, 1.82) is 0 Å². The first-order chi connectivity index (χ1) is 9.38. The number of anilines is 1. The fraction of sp³-hybridized carbons (Fsp3) is 0.0833. The van der Waals surface area contributed by atoms with Crippen LogP contribution in [0.2, 0.25) is 5.02 Å². The zero-order chi connectivity index (χ0) is 14.9. The summed E-state index contributed by atoms with van der Waals surface area (Å²) in [6.07, 6.45) is 0. The Morgan fingerprint density at radius 1 is 1.45 bits per heavy atom. The van der Waals surface area contributed by atoms with E-state index in [1.165, 1.54) is 29.5 Å². The van der Waals surface area contributed by atoms with E-state index in [1.54, 1.807) is 6.07 Å². The van der Waals surface area contributed by atoms with Gasteiger partial charge in [-0.1, -0.05) is 11.6 Å². The number of hydrogen-bond acceptors (Lipinski definition) is 4. The molecule has 1 aromatic carbocycles. The molecule has 104 valence electrons. The van der Waals surface area contributed by atoms with Gasteiger partial charge in [0.2, 0.25) is 0 Å². The van der Waals surface area contributed by atoms with E-state index in [9.17, 15) is 14.9 Å². The van der Waals surface area contributed by atoms with Gasteiger partial charge in [-0.2, -0.15) is 0 Å². The summed E-state index contributed by atoms with van der Waals surface area (Å²) in [5.74, 6) is -0.408. The Morgan fingerprint density at radius 2 is 2.15 bits per heavy atom. The molecule has 0 saturated heterocycles. The lowest BCUT2D eigenvalue weighted by atomic mass is 10.2. The molecule has 0 atom stereocenters.